The zero-order chi connectivity index (χ0) is 14.7. The summed E-state index contributed by atoms with van der Waals surface area (Å²) in [6, 6.07) is 13.2. The van der Waals surface area contributed by atoms with Gasteiger partial charge in [0.25, 0.3) is 5.89 Å². The van der Waals surface area contributed by atoms with Crippen molar-refractivity contribution in [3.63, 3.8) is 0 Å². The Morgan fingerprint density at radius 1 is 1.10 bits per heavy atom. The van der Waals surface area contributed by atoms with Crippen molar-refractivity contribution in [2.24, 2.45) is 0 Å². The second kappa shape index (κ2) is 6.03. The van der Waals surface area contributed by atoms with Crippen molar-refractivity contribution in [1.82, 2.24) is 20.5 Å². The molecule has 0 radical (unpaired) electrons. The van der Waals surface area contributed by atoms with E-state index >= 15 is 0 Å². The summed E-state index contributed by atoms with van der Waals surface area (Å²) in [7, 11) is 1.85. The van der Waals surface area contributed by atoms with E-state index in [0.717, 1.165) is 5.56 Å². The Kier molecular flexibility index (Phi) is 3.94. The third-order valence-electron chi connectivity index (χ3n) is 3.06. The maximum atomic E-state index is 5.82. The van der Waals surface area contributed by atoms with Gasteiger partial charge in [-0.25, -0.2) is 4.98 Å². The molecular formula is C15H13ClN4O. The van der Waals surface area contributed by atoms with Crippen molar-refractivity contribution in [3.8, 4) is 11.6 Å². The molecule has 0 aliphatic carbocycles. The van der Waals surface area contributed by atoms with E-state index in [1.54, 1.807) is 18.3 Å². The van der Waals surface area contributed by atoms with Gasteiger partial charge < -0.3 is 9.73 Å². The van der Waals surface area contributed by atoms with E-state index in [4.69, 9.17) is 16.0 Å². The SMILES string of the molecule is CNC(c1ccccc1)c1nnc(-c2ccc(Cl)cn2)o1. The van der Waals surface area contributed by atoms with Gasteiger partial charge in [-0.3, -0.25) is 0 Å². The van der Waals surface area contributed by atoms with Gasteiger partial charge in [-0.2, -0.15) is 0 Å². The molecule has 21 heavy (non-hydrogen) atoms. The molecule has 0 saturated heterocycles. The topological polar surface area (TPSA) is 63.8 Å². The largest absolute Gasteiger partial charge is 0.417 e. The molecule has 106 valence electrons. The second-order valence-electron chi connectivity index (χ2n) is 4.44. The molecule has 3 aromatic rings. The molecule has 0 bridgehead atoms. The average molecular weight is 301 g/mol. The number of nitrogens with one attached hydrogen (secondary N) is 1. The van der Waals surface area contributed by atoms with E-state index in [2.05, 4.69) is 20.5 Å². The molecule has 0 aliphatic rings. The number of rotatable bonds is 4. The van der Waals surface area contributed by atoms with E-state index in [9.17, 15) is 0 Å². The summed E-state index contributed by atoms with van der Waals surface area (Å²) < 4.78 is 5.73. The van der Waals surface area contributed by atoms with Crippen molar-refractivity contribution in [2.75, 3.05) is 7.05 Å². The van der Waals surface area contributed by atoms with Crippen molar-refractivity contribution in [3.05, 3.63) is 65.1 Å². The van der Waals surface area contributed by atoms with Crippen molar-refractivity contribution in [1.29, 1.82) is 0 Å². The molecular weight excluding hydrogens is 288 g/mol. The zero-order valence-electron chi connectivity index (χ0n) is 11.3. The van der Waals surface area contributed by atoms with E-state index in [1.165, 1.54) is 0 Å². The van der Waals surface area contributed by atoms with E-state index < -0.39 is 0 Å². The van der Waals surface area contributed by atoms with Gasteiger partial charge in [0.2, 0.25) is 5.89 Å². The van der Waals surface area contributed by atoms with Gasteiger partial charge in [-0.05, 0) is 24.7 Å². The first-order chi connectivity index (χ1) is 10.3. The summed E-state index contributed by atoms with van der Waals surface area (Å²) in [5.74, 6) is 0.869. The van der Waals surface area contributed by atoms with Crippen LogP contribution >= 0.6 is 11.6 Å². The highest BCUT2D eigenvalue weighted by Gasteiger charge is 2.19. The summed E-state index contributed by atoms with van der Waals surface area (Å²) in [6.07, 6.45) is 1.55. The van der Waals surface area contributed by atoms with Crippen LogP contribution in [0.1, 0.15) is 17.5 Å². The summed E-state index contributed by atoms with van der Waals surface area (Å²) in [4.78, 5) is 4.17. The second-order valence-corrected chi connectivity index (χ2v) is 4.88. The Hall–Kier alpha value is -2.24. The van der Waals surface area contributed by atoms with Gasteiger partial charge in [-0.15, -0.1) is 10.2 Å². The van der Waals surface area contributed by atoms with Crippen LogP contribution < -0.4 is 5.32 Å². The lowest BCUT2D eigenvalue weighted by atomic mass is 10.1. The van der Waals surface area contributed by atoms with Crippen LogP contribution in [0, 0.1) is 0 Å². The average Bonchev–Trinajstić information content (AvgIpc) is 2.99. The highest BCUT2D eigenvalue weighted by atomic mass is 35.5. The first-order valence-corrected chi connectivity index (χ1v) is 6.83. The number of nitrogens with zero attached hydrogens (tertiary/aromatic N) is 3. The molecule has 0 amide bonds. The number of halogens is 1. The predicted molar refractivity (Wildman–Crippen MR) is 79.9 cm³/mol. The highest BCUT2D eigenvalue weighted by molar-refractivity contribution is 6.30. The molecule has 2 heterocycles. The minimum absolute atomic E-state index is 0.153. The van der Waals surface area contributed by atoms with E-state index in [1.807, 2.05) is 37.4 Å². The number of hydrogen-bond acceptors (Lipinski definition) is 5. The Balaban J connectivity index is 1.92. The van der Waals surface area contributed by atoms with Gasteiger partial charge in [0.05, 0.1) is 5.02 Å². The van der Waals surface area contributed by atoms with Crippen LogP contribution in [0.5, 0.6) is 0 Å². The maximum Gasteiger partial charge on any atom is 0.266 e. The maximum absolute atomic E-state index is 5.82. The van der Waals surface area contributed by atoms with Crippen molar-refractivity contribution >= 4 is 11.6 Å². The summed E-state index contributed by atoms with van der Waals surface area (Å²) in [5.41, 5.74) is 1.65. The van der Waals surface area contributed by atoms with E-state index in [-0.39, 0.29) is 6.04 Å². The minimum Gasteiger partial charge on any atom is -0.417 e. The van der Waals surface area contributed by atoms with Crippen LogP contribution in [0.25, 0.3) is 11.6 Å². The molecule has 5 nitrogen and oxygen atoms in total. The standard InChI is InChI=1S/C15H13ClN4O/c1-17-13(10-5-3-2-4-6-10)15-20-19-14(21-15)12-8-7-11(16)9-18-12/h2-9,13,17H,1H3. The lowest BCUT2D eigenvalue weighted by Crippen LogP contribution is -2.17. The first-order valence-electron chi connectivity index (χ1n) is 6.45. The fraction of sp³-hybridized carbons (Fsp3) is 0.133. The molecule has 0 aliphatic heterocycles. The van der Waals surface area contributed by atoms with Gasteiger partial charge in [-0.1, -0.05) is 41.9 Å². The lowest BCUT2D eigenvalue weighted by molar-refractivity contribution is 0.455. The Bertz CT molecular complexity index is 712. The number of benzene rings is 1. The summed E-state index contributed by atoms with van der Waals surface area (Å²) in [5, 5.41) is 11.9. The monoisotopic (exact) mass is 300 g/mol. The van der Waals surface area contributed by atoms with Gasteiger partial charge >= 0.3 is 0 Å². The molecule has 0 fully saturated rings. The summed E-state index contributed by atoms with van der Waals surface area (Å²) in [6.45, 7) is 0. The van der Waals surface area contributed by atoms with Gasteiger partial charge in [0.1, 0.15) is 11.7 Å². The molecule has 0 saturated carbocycles. The number of pyridine rings is 1. The molecule has 0 spiro atoms. The van der Waals surface area contributed by atoms with Gasteiger partial charge in [0, 0.05) is 6.20 Å². The molecule has 2 aromatic heterocycles. The highest BCUT2D eigenvalue weighted by Crippen LogP contribution is 2.24. The quantitative estimate of drug-likeness (QED) is 0.802. The van der Waals surface area contributed by atoms with Crippen molar-refractivity contribution in [2.45, 2.75) is 6.04 Å². The van der Waals surface area contributed by atoms with Crippen molar-refractivity contribution < 1.29 is 4.42 Å². The smallest absolute Gasteiger partial charge is 0.266 e. The van der Waals surface area contributed by atoms with Crippen LogP contribution in [0.4, 0.5) is 0 Å². The van der Waals surface area contributed by atoms with E-state index in [0.29, 0.717) is 22.5 Å². The molecule has 3 rings (SSSR count). The van der Waals surface area contributed by atoms with Crippen LogP contribution in [0.15, 0.2) is 53.1 Å². The van der Waals surface area contributed by atoms with Crippen LogP contribution in [-0.2, 0) is 0 Å². The Morgan fingerprint density at radius 2 is 1.90 bits per heavy atom. The first kappa shape index (κ1) is 13.7. The zero-order valence-corrected chi connectivity index (χ0v) is 12.1. The minimum atomic E-state index is -0.153. The fourth-order valence-electron chi connectivity index (χ4n) is 2.04. The Labute approximate surface area is 127 Å². The molecule has 1 unspecified atom stereocenters. The molecule has 1 atom stereocenters. The number of hydrogen-bond donors (Lipinski definition) is 1. The Morgan fingerprint density at radius 3 is 2.57 bits per heavy atom. The van der Waals surface area contributed by atoms with Crippen LogP contribution in [0.3, 0.4) is 0 Å². The third kappa shape index (κ3) is 2.94. The summed E-state index contributed by atoms with van der Waals surface area (Å²) >= 11 is 5.82. The predicted octanol–water partition coefficient (Wildman–Crippen LogP) is 3.09. The normalized spacial score (nSPS) is 12.3. The molecule has 6 heteroatoms. The fourth-order valence-corrected chi connectivity index (χ4v) is 2.15. The molecule has 1 N–H and O–H groups in total. The van der Waals surface area contributed by atoms with Crippen LogP contribution in [-0.4, -0.2) is 22.2 Å². The third-order valence-corrected chi connectivity index (χ3v) is 3.28. The van der Waals surface area contributed by atoms with Gasteiger partial charge in [0.15, 0.2) is 0 Å². The van der Waals surface area contributed by atoms with Crippen LogP contribution in [0.2, 0.25) is 5.02 Å². The molecule has 1 aromatic carbocycles. The lowest BCUT2D eigenvalue weighted by Gasteiger charge is -2.11. The number of aromatic nitrogens is 3.